The fraction of sp³-hybridized carbons (Fsp3) is 0.308. The van der Waals surface area contributed by atoms with E-state index in [1.165, 1.54) is 18.5 Å². The molecule has 0 saturated carbocycles. The largest absolute Gasteiger partial charge is 0.381 e. The van der Waals surface area contributed by atoms with Crippen molar-refractivity contribution in [3.63, 3.8) is 0 Å². The van der Waals surface area contributed by atoms with E-state index in [0.29, 0.717) is 5.82 Å². The zero-order valence-corrected chi connectivity index (χ0v) is 9.60. The summed E-state index contributed by atoms with van der Waals surface area (Å²) in [6.07, 6.45) is 2.51. The van der Waals surface area contributed by atoms with Gasteiger partial charge in [-0.1, -0.05) is 17.3 Å². The monoisotopic (exact) mass is 229 g/mol. The van der Waals surface area contributed by atoms with Crippen molar-refractivity contribution in [1.82, 2.24) is 5.16 Å². The third-order valence-electron chi connectivity index (χ3n) is 3.14. The zero-order valence-electron chi connectivity index (χ0n) is 9.60. The number of nitrogen functional groups attached to an aromatic ring is 1. The number of hydrogen-bond donors (Lipinski definition) is 1. The average molecular weight is 229 g/mol. The summed E-state index contributed by atoms with van der Waals surface area (Å²) in [5, 5.41) is 3.74. The normalized spacial score (nSPS) is 15.4. The second-order valence-electron chi connectivity index (χ2n) is 4.33. The van der Waals surface area contributed by atoms with Gasteiger partial charge < -0.3 is 15.2 Å². The third-order valence-corrected chi connectivity index (χ3v) is 3.14. The van der Waals surface area contributed by atoms with Crippen molar-refractivity contribution < 1.29 is 4.52 Å². The van der Waals surface area contributed by atoms with Crippen LogP contribution in [-0.4, -0.2) is 18.2 Å². The Bertz CT molecular complexity index is 515. The van der Waals surface area contributed by atoms with Crippen molar-refractivity contribution in [3.8, 4) is 11.3 Å². The lowest BCUT2D eigenvalue weighted by Gasteiger charge is -2.20. The molecule has 2 N–H and O–H groups in total. The molecule has 1 aromatic heterocycles. The molecule has 4 nitrogen and oxygen atoms in total. The lowest BCUT2D eigenvalue weighted by atomic mass is 10.1. The maximum absolute atomic E-state index is 5.60. The standard InChI is InChI=1S/C13H15N3O/c14-13-9-12(17-15-13)10-5-1-2-6-11(10)16-7-3-4-8-16/h1-2,5-6,9H,3-4,7-8H2,(H2,14,15). The van der Waals surface area contributed by atoms with Gasteiger partial charge in [-0.25, -0.2) is 0 Å². The van der Waals surface area contributed by atoms with Crippen molar-refractivity contribution in [1.29, 1.82) is 0 Å². The molecule has 0 aliphatic carbocycles. The first-order valence-electron chi connectivity index (χ1n) is 5.91. The van der Waals surface area contributed by atoms with E-state index in [9.17, 15) is 0 Å². The maximum Gasteiger partial charge on any atom is 0.171 e. The molecule has 2 heterocycles. The van der Waals surface area contributed by atoms with Crippen LogP contribution in [0.4, 0.5) is 11.5 Å². The van der Waals surface area contributed by atoms with E-state index in [2.05, 4.69) is 22.2 Å². The molecule has 0 bridgehead atoms. The van der Waals surface area contributed by atoms with Crippen LogP contribution >= 0.6 is 0 Å². The molecule has 2 aromatic rings. The SMILES string of the molecule is Nc1cc(-c2ccccc2N2CCCC2)on1. The van der Waals surface area contributed by atoms with Gasteiger partial charge in [0.1, 0.15) is 0 Å². The molecular formula is C13H15N3O. The number of para-hydroxylation sites is 1. The lowest BCUT2D eigenvalue weighted by Crippen LogP contribution is -2.18. The van der Waals surface area contributed by atoms with E-state index in [4.69, 9.17) is 10.3 Å². The molecule has 0 unspecified atom stereocenters. The fourth-order valence-corrected chi connectivity index (χ4v) is 2.33. The molecule has 1 aliphatic heterocycles. The van der Waals surface area contributed by atoms with Crippen LogP contribution in [0.15, 0.2) is 34.9 Å². The van der Waals surface area contributed by atoms with Crippen LogP contribution in [0.3, 0.4) is 0 Å². The number of nitrogens with two attached hydrogens (primary N) is 1. The van der Waals surface area contributed by atoms with Crippen molar-refractivity contribution in [3.05, 3.63) is 30.3 Å². The second kappa shape index (κ2) is 4.13. The maximum atomic E-state index is 5.60. The Kier molecular flexibility index (Phi) is 2.48. The predicted molar refractivity (Wildman–Crippen MR) is 67.8 cm³/mol. The van der Waals surface area contributed by atoms with Crippen molar-refractivity contribution in [2.24, 2.45) is 0 Å². The zero-order chi connectivity index (χ0) is 11.7. The van der Waals surface area contributed by atoms with Crippen LogP contribution in [0, 0.1) is 0 Å². The third kappa shape index (κ3) is 1.86. The fourth-order valence-electron chi connectivity index (χ4n) is 2.33. The van der Waals surface area contributed by atoms with Crippen LogP contribution in [-0.2, 0) is 0 Å². The van der Waals surface area contributed by atoms with Gasteiger partial charge in [0.25, 0.3) is 0 Å². The summed E-state index contributed by atoms with van der Waals surface area (Å²) < 4.78 is 5.25. The van der Waals surface area contributed by atoms with Crippen molar-refractivity contribution in [2.45, 2.75) is 12.8 Å². The number of aromatic nitrogens is 1. The van der Waals surface area contributed by atoms with E-state index in [1.807, 2.05) is 12.1 Å². The highest BCUT2D eigenvalue weighted by molar-refractivity contribution is 5.76. The van der Waals surface area contributed by atoms with Gasteiger partial charge in [0.15, 0.2) is 11.6 Å². The smallest absolute Gasteiger partial charge is 0.171 e. The van der Waals surface area contributed by atoms with Gasteiger partial charge in [-0.05, 0) is 25.0 Å². The molecule has 17 heavy (non-hydrogen) atoms. The van der Waals surface area contributed by atoms with Crippen LogP contribution < -0.4 is 10.6 Å². The quantitative estimate of drug-likeness (QED) is 0.859. The number of anilines is 2. The molecule has 0 radical (unpaired) electrons. The molecule has 0 atom stereocenters. The van der Waals surface area contributed by atoms with Gasteiger partial charge >= 0.3 is 0 Å². The summed E-state index contributed by atoms with van der Waals surface area (Å²) >= 11 is 0. The Balaban J connectivity index is 2.03. The van der Waals surface area contributed by atoms with E-state index >= 15 is 0 Å². The second-order valence-corrected chi connectivity index (χ2v) is 4.33. The molecule has 1 aliphatic rings. The Morgan fingerprint density at radius 3 is 2.65 bits per heavy atom. The first-order chi connectivity index (χ1) is 8.34. The molecular weight excluding hydrogens is 214 g/mol. The van der Waals surface area contributed by atoms with Crippen LogP contribution in [0.25, 0.3) is 11.3 Å². The van der Waals surface area contributed by atoms with Crippen LogP contribution in [0.1, 0.15) is 12.8 Å². The van der Waals surface area contributed by atoms with Gasteiger partial charge in [0, 0.05) is 30.4 Å². The van der Waals surface area contributed by atoms with E-state index in [-0.39, 0.29) is 0 Å². The highest BCUT2D eigenvalue weighted by atomic mass is 16.5. The topological polar surface area (TPSA) is 55.3 Å². The minimum absolute atomic E-state index is 0.427. The number of hydrogen-bond acceptors (Lipinski definition) is 4. The Hall–Kier alpha value is -1.97. The average Bonchev–Trinajstić information content (AvgIpc) is 3.00. The van der Waals surface area contributed by atoms with E-state index in [1.54, 1.807) is 6.07 Å². The van der Waals surface area contributed by atoms with E-state index in [0.717, 1.165) is 24.4 Å². The molecule has 1 saturated heterocycles. The molecule has 3 rings (SSSR count). The summed E-state index contributed by atoms with van der Waals surface area (Å²) in [6, 6.07) is 10.0. The molecule has 0 spiro atoms. The van der Waals surface area contributed by atoms with Gasteiger partial charge in [0.2, 0.25) is 0 Å². The summed E-state index contributed by atoms with van der Waals surface area (Å²) in [7, 11) is 0. The van der Waals surface area contributed by atoms with Gasteiger partial charge in [-0.2, -0.15) is 0 Å². The molecule has 0 amide bonds. The Morgan fingerprint density at radius 2 is 1.94 bits per heavy atom. The number of benzene rings is 1. The molecule has 1 fully saturated rings. The highest BCUT2D eigenvalue weighted by Gasteiger charge is 2.17. The Morgan fingerprint density at radius 1 is 1.18 bits per heavy atom. The van der Waals surface area contributed by atoms with Gasteiger partial charge in [-0.3, -0.25) is 0 Å². The van der Waals surface area contributed by atoms with Crippen molar-refractivity contribution in [2.75, 3.05) is 23.7 Å². The minimum Gasteiger partial charge on any atom is -0.381 e. The molecule has 4 heteroatoms. The summed E-state index contributed by atoms with van der Waals surface area (Å²) in [5.74, 6) is 1.17. The highest BCUT2D eigenvalue weighted by Crippen LogP contribution is 2.33. The lowest BCUT2D eigenvalue weighted by molar-refractivity contribution is 0.436. The summed E-state index contributed by atoms with van der Waals surface area (Å²) in [6.45, 7) is 2.22. The first kappa shape index (κ1) is 10.2. The summed E-state index contributed by atoms with van der Waals surface area (Å²) in [5.41, 5.74) is 7.88. The Labute approximate surface area is 100 Å². The minimum atomic E-state index is 0.427. The van der Waals surface area contributed by atoms with Crippen molar-refractivity contribution >= 4 is 11.5 Å². The first-order valence-corrected chi connectivity index (χ1v) is 5.91. The van der Waals surface area contributed by atoms with Gasteiger partial charge in [0.05, 0.1) is 0 Å². The van der Waals surface area contributed by atoms with Crippen LogP contribution in [0.2, 0.25) is 0 Å². The molecule has 1 aromatic carbocycles. The van der Waals surface area contributed by atoms with Gasteiger partial charge in [-0.15, -0.1) is 0 Å². The van der Waals surface area contributed by atoms with Crippen LogP contribution in [0.5, 0.6) is 0 Å². The van der Waals surface area contributed by atoms with E-state index < -0.39 is 0 Å². The predicted octanol–water partition coefficient (Wildman–Crippen LogP) is 2.52. The number of nitrogens with zero attached hydrogens (tertiary/aromatic N) is 2. The number of rotatable bonds is 2. The molecule has 88 valence electrons. The summed E-state index contributed by atoms with van der Waals surface area (Å²) in [4.78, 5) is 2.38.